The molecule has 0 aromatic carbocycles. The van der Waals surface area contributed by atoms with Gasteiger partial charge in [0.2, 0.25) is 0 Å². The highest BCUT2D eigenvalue weighted by Crippen LogP contribution is 2.25. The predicted molar refractivity (Wildman–Crippen MR) is 109 cm³/mol. The summed E-state index contributed by atoms with van der Waals surface area (Å²) in [7, 11) is 0. The standard InChI is InChI=1S/C21H24N6O/c1-15(18-5-3-4-7-22-18)24-20-14-19(25-16(2)26-20)17-6-8-23-21(13-17)27-9-11-28-12-10-27/h3-8,13-15H,9-12H2,1-2H3,(H,24,25,26). The Bertz CT molecular complexity index is 927. The summed E-state index contributed by atoms with van der Waals surface area (Å²) < 4.78 is 5.44. The van der Waals surface area contributed by atoms with Gasteiger partial charge in [-0.25, -0.2) is 15.0 Å². The van der Waals surface area contributed by atoms with Gasteiger partial charge in [-0.2, -0.15) is 0 Å². The third-order valence-electron chi connectivity index (χ3n) is 4.71. The minimum Gasteiger partial charge on any atom is -0.378 e. The zero-order valence-corrected chi connectivity index (χ0v) is 16.2. The number of hydrogen-bond acceptors (Lipinski definition) is 7. The highest BCUT2D eigenvalue weighted by atomic mass is 16.5. The van der Waals surface area contributed by atoms with Crippen LogP contribution in [0.3, 0.4) is 0 Å². The molecule has 4 heterocycles. The average molecular weight is 376 g/mol. The molecule has 1 aliphatic rings. The monoisotopic (exact) mass is 376 g/mol. The fourth-order valence-electron chi connectivity index (χ4n) is 3.26. The van der Waals surface area contributed by atoms with Crippen LogP contribution in [-0.4, -0.2) is 46.2 Å². The number of nitrogens with zero attached hydrogens (tertiary/aromatic N) is 5. The lowest BCUT2D eigenvalue weighted by molar-refractivity contribution is 0.122. The summed E-state index contributed by atoms with van der Waals surface area (Å²) in [6.07, 6.45) is 3.63. The number of anilines is 2. The maximum Gasteiger partial charge on any atom is 0.130 e. The highest BCUT2D eigenvalue weighted by Gasteiger charge is 2.14. The summed E-state index contributed by atoms with van der Waals surface area (Å²) >= 11 is 0. The first-order valence-electron chi connectivity index (χ1n) is 9.51. The number of morpholine rings is 1. The molecule has 1 atom stereocenters. The van der Waals surface area contributed by atoms with Crippen molar-refractivity contribution in [2.45, 2.75) is 19.9 Å². The minimum atomic E-state index is 0.0460. The van der Waals surface area contributed by atoms with Crippen molar-refractivity contribution in [2.75, 3.05) is 36.5 Å². The van der Waals surface area contributed by atoms with Crippen molar-refractivity contribution in [3.05, 3.63) is 60.3 Å². The van der Waals surface area contributed by atoms with E-state index in [4.69, 9.17) is 4.74 Å². The number of aryl methyl sites for hydroxylation is 1. The minimum absolute atomic E-state index is 0.0460. The van der Waals surface area contributed by atoms with E-state index in [1.807, 2.05) is 43.5 Å². The largest absolute Gasteiger partial charge is 0.378 e. The van der Waals surface area contributed by atoms with Crippen LogP contribution in [0.25, 0.3) is 11.3 Å². The van der Waals surface area contributed by atoms with Crippen LogP contribution in [0.15, 0.2) is 48.8 Å². The van der Waals surface area contributed by atoms with Gasteiger partial charge in [-0.1, -0.05) is 6.07 Å². The van der Waals surface area contributed by atoms with Crippen molar-refractivity contribution in [1.82, 2.24) is 19.9 Å². The molecule has 1 saturated heterocycles. The number of hydrogen-bond donors (Lipinski definition) is 1. The van der Waals surface area contributed by atoms with E-state index in [9.17, 15) is 0 Å². The molecule has 0 saturated carbocycles. The zero-order chi connectivity index (χ0) is 19.3. The van der Waals surface area contributed by atoms with Gasteiger partial charge < -0.3 is 15.0 Å². The molecule has 0 spiro atoms. The lowest BCUT2D eigenvalue weighted by atomic mass is 10.1. The van der Waals surface area contributed by atoms with Crippen LogP contribution >= 0.6 is 0 Å². The molecule has 1 unspecified atom stereocenters. The SMILES string of the molecule is Cc1nc(NC(C)c2ccccn2)cc(-c2ccnc(N3CCOCC3)c2)n1. The molecule has 7 heteroatoms. The van der Waals surface area contributed by atoms with Crippen molar-refractivity contribution in [3.63, 3.8) is 0 Å². The van der Waals surface area contributed by atoms with Crippen molar-refractivity contribution in [3.8, 4) is 11.3 Å². The molecule has 0 amide bonds. The Hall–Kier alpha value is -3.06. The van der Waals surface area contributed by atoms with Gasteiger partial charge in [0.1, 0.15) is 17.5 Å². The topological polar surface area (TPSA) is 76.1 Å². The number of rotatable bonds is 5. The highest BCUT2D eigenvalue weighted by molar-refractivity contribution is 5.66. The molecular weight excluding hydrogens is 352 g/mol. The van der Waals surface area contributed by atoms with Gasteiger partial charge in [0.05, 0.1) is 30.6 Å². The first-order valence-corrected chi connectivity index (χ1v) is 9.51. The molecular formula is C21H24N6O. The normalized spacial score (nSPS) is 15.3. The third kappa shape index (κ3) is 4.26. The number of ether oxygens (including phenoxy) is 1. The Morgan fingerprint density at radius 2 is 1.89 bits per heavy atom. The number of aromatic nitrogens is 4. The Balaban J connectivity index is 1.58. The van der Waals surface area contributed by atoms with E-state index in [0.717, 1.165) is 60.7 Å². The summed E-state index contributed by atoms with van der Waals surface area (Å²) in [6.45, 7) is 7.16. The molecule has 0 radical (unpaired) electrons. The van der Waals surface area contributed by atoms with Crippen molar-refractivity contribution >= 4 is 11.6 Å². The Morgan fingerprint density at radius 1 is 1.04 bits per heavy atom. The van der Waals surface area contributed by atoms with Crippen LogP contribution in [0.1, 0.15) is 24.5 Å². The molecule has 28 heavy (non-hydrogen) atoms. The number of nitrogens with one attached hydrogen (secondary N) is 1. The van der Waals surface area contributed by atoms with Crippen LogP contribution in [0, 0.1) is 6.92 Å². The summed E-state index contributed by atoms with van der Waals surface area (Å²) in [5, 5.41) is 3.43. The smallest absolute Gasteiger partial charge is 0.130 e. The molecule has 3 aromatic heterocycles. The van der Waals surface area contributed by atoms with E-state index in [1.165, 1.54) is 0 Å². The van der Waals surface area contributed by atoms with Crippen LogP contribution in [0.4, 0.5) is 11.6 Å². The Morgan fingerprint density at radius 3 is 2.68 bits per heavy atom. The first kappa shape index (κ1) is 18.3. The summed E-state index contributed by atoms with van der Waals surface area (Å²) in [6, 6.07) is 12.0. The second-order valence-corrected chi connectivity index (χ2v) is 6.81. The van der Waals surface area contributed by atoms with Crippen molar-refractivity contribution < 1.29 is 4.74 Å². The van der Waals surface area contributed by atoms with Crippen LogP contribution in [0.2, 0.25) is 0 Å². The van der Waals surface area contributed by atoms with Gasteiger partial charge in [0.25, 0.3) is 0 Å². The van der Waals surface area contributed by atoms with Crippen LogP contribution in [0.5, 0.6) is 0 Å². The van der Waals surface area contributed by atoms with Gasteiger partial charge in [-0.15, -0.1) is 0 Å². The van der Waals surface area contributed by atoms with Crippen LogP contribution in [-0.2, 0) is 4.74 Å². The quantitative estimate of drug-likeness (QED) is 0.732. The molecule has 0 aliphatic carbocycles. The molecule has 1 aliphatic heterocycles. The lowest BCUT2D eigenvalue weighted by Crippen LogP contribution is -2.36. The second-order valence-electron chi connectivity index (χ2n) is 6.81. The molecule has 1 N–H and O–H groups in total. The second kappa shape index (κ2) is 8.31. The first-order chi connectivity index (χ1) is 13.7. The van der Waals surface area contributed by atoms with Gasteiger partial charge in [-0.05, 0) is 38.1 Å². The Labute approximate surface area is 164 Å². The van der Waals surface area contributed by atoms with Gasteiger partial charge in [0.15, 0.2) is 0 Å². The maximum atomic E-state index is 5.44. The van der Waals surface area contributed by atoms with Gasteiger partial charge in [0, 0.05) is 37.1 Å². The zero-order valence-electron chi connectivity index (χ0n) is 16.2. The van der Waals surface area contributed by atoms with Crippen molar-refractivity contribution in [2.24, 2.45) is 0 Å². The predicted octanol–water partition coefficient (Wildman–Crippen LogP) is 3.25. The van der Waals surface area contributed by atoms with E-state index >= 15 is 0 Å². The van der Waals surface area contributed by atoms with E-state index in [0.29, 0.717) is 0 Å². The van der Waals surface area contributed by atoms with Gasteiger partial charge in [-0.3, -0.25) is 4.98 Å². The Kier molecular flexibility index (Phi) is 5.43. The molecule has 0 bridgehead atoms. The third-order valence-corrected chi connectivity index (χ3v) is 4.71. The summed E-state index contributed by atoms with van der Waals surface area (Å²) in [4.78, 5) is 20.4. The van der Waals surface area contributed by atoms with Crippen LogP contribution < -0.4 is 10.2 Å². The molecule has 7 nitrogen and oxygen atoms in total. The lowest BCUT2D eigenvalue weighted by Gasteiger charge is -2.28. The molecule has 1 fully saturated rings. The summed E-state index contributed by atoms with van der Waals surface area (Å²) in [5.74, 6) is 2.46. The van der Waals surface area contributed by atoms with E-state index in [1.54, 1.807) is 6.20 Å². The van der Waals surface area contributed by atoms with E-state index < -0.39 is 0 Å². The van der Waals surface area contributed by atoms with E-state index in [-0.39, 0.29) is 6.04 Å². The fraction of sp³-hybridized carbons (Fsp3) is 0.333. The van der Waals surface area contributed by atoms with Crippen molar-refractivity contribution in [1.29, 1.82) is 0 Å². The fourth-order valence-corrected chi connectivity index (χ4v) is 3.26. The average Bonchev–Trinajstić information content (AvgIpc) is 2.75. The van der Waals surface area contributed by atoms with Gasteiger partial charge >= 0.3 is 0 Å². The molecule has 3 aromatic rings. The number of pyridine rings is 2. The summed E-state index contributed by atoms with van der Waals surface area (Å²) in [5.41, 5.74) is 2.87. The molecule has 4 rings (SSSR count). The molecule has 144 valence electrons. The maximum absolute atomic E-state index is 5.44. The van der Waals surface area contributed by atoms with E-state index in [2.05, 4.69) is 43.1 Å².